The number of nitrogens with zero attached hydrogens (tertiary/aromatic N) is 4. The van der Waals surface area contributed by atoms with E-state index in [9.17, 15) is 9.90 Å². The highest BCUT2D eigenvalue weighted by atomic mass is 16.3. The SMILES string of the molecule is O=C(c1cn2ccccc2n1)N1CC[C@@]2(CO)CCCN(Cc3ccoc3)[C@@H]2C1.O=CO. The minimum absolute atomic E-state index is 0.0333. The van der Waals surface area contributed by atoms with Gasteiger partial charge < -0.3 is 23.9 Å². The average molecular weight is 441 g/mol. The molecule has 0 aliphatic carbocycles. The van der Waals surface area contributed by atoms with E-state index in [4.69, 9.17) is 14.3 Å². The number of pyridine rings is 1. The van der Waals surface area contributed by atoms with Crippen molar-refractivity contribution in [1.29, 1.82) is 0 Å². The Morgan fingerprint density at radius 3 is 2.84 bits per heavy atom. The summed E-state index contributed by atoms with van der Waals surface area (Å²) in [5.41, 5.74) is 2.24. The molecular weight excluding hydrogens is 412 g/mol. The van der Waals surface area contributed by atoms with Crippen LogP contribution in [0.25, 0.3) is 5.65 Å². The molecule has 3 aromatic rings. The van der Waals surface area contributed by atoms with Gasteiger partial charge in [-0.1, -0.05) is 6.07 Å². The van der Waals surface area contributed by atoms with E-state index in [1.165, 1.54) is 0 Å². The maximum Gasteiger partial charge on any atom is 0.290 e. The summed E-state index contributed by atoms with van der Waals surface area (Å²) in [6.45, 7) is 2.93. The Morgan fingerprint density at radius 2 is 2.12 bits per heavy atom. The van der Waals surface area contributed by atoms with Gasteiger partial charge in [-0.25, -0.2) is 4.98 Å². The molecule has 5 rings (SSSR count). The van der Waals surface area contributed by atoms with Gasteiger partial charge in [0.15, 0.2) is 0 Å². The van der Waals surface area contributed by atoms with Gasteiger partial charge in [-0.3, -0.25) is 14.5 Å². The molecular formula is C23H28N4O5. The fourth-order valence-corrected chi connectivity index (χ4v) is 5.06. The molecule has 9 nitrogen and oxygen atoms in total. The number of hydrogen-bond acceptors (Lipinski definition) is 6. The lowest BCUT2D eigenvalue weighted by Crippen LogP contribution is -2.63. The lowest BCUT2D eigenvalue weighted by atomic mass is 9.69. The van der Waals surface area contributed by atoms with E-state index in [1.807, 2.05) is 39.8 Å². The summed E-state index contributed by atoms with van der Waals surface area (Å²) in [6, 6.07) is 7.86. The molecule has 0 spiro atoms. The molecule has 170 valence electrons. The average Bonchev–Trinajstić information content (AvgIpc) is 3.49. The van der Waals surface area contributed by atoms with Crippen molar-refractivity contribution in [2.24, 2.45) is 5.41 Å². The number of aliphatic hydroxyl groups excluding tert-OH is 1. The van der Waals surface area contributed by atoms with E-state index in [0.717, 1.165) is 43.6 Å². The largest absolute Gasteiger partial charge is 0.483 e. The topological polar surface area (TPSA) is 112 Å². The predicted molar refractivity (Wildman–Crippen MR) is 116 cm³/mol. The highest BCUT2D eigenvalue weighted by molar-refractivity contribution is 5.93. The summed E-state index contributed by atoms with van der Waals surface area (Å²) in [5.74, 6) is -0.0333. The van der Waals surface area contributed by atoms with Crippen LogP contribution in [0.2, 0.25) is 0 Å². The van der Waals surface area contributed by atoms with Gasteiger partial charge in [0.05, 0.1) is 19.1 Å². The molecule has 0 aromatic carbocycles. The molecule has 9 heteroatoms. The number of hydrogen-bond donors (Lipinski definition) is 2. The van der Waals surface area contributed by atoms with E-state index >= 15 is 0 Å². The summed E-state index contributed by atoms with van der Waals surface area (Å²) in [5, 5.41) is 17.2. The second-order valence-electron chi connectivity index (χ2n) is 8.44. The molecule has 2 N–H and O–H groups in total. The van der Waals surface area contributed by atoms with Crippen molar-refractivity contribution in [2.45, 2.75) is 31.8 Å². The van der Waals surface area contributed by atoms with Gasteiger partial charge in [0.2, 0.25) is 0 Å². The highest BCUT2D eigenvalue weighted by Gasteiger charge is 2.48. The number of amides is 1. The van der Waals surface area contributed by atoms with Crippen LogP contribution < -0.4 is 0 Å². The Labute approximate surface area is 185 Å². The quantitative estimate of drug-likeness (QED) is 0.598. The fraction of sp³-hybridized carbons (Fsp3) is 0.435. The van der Waals surface area contributed by atoms with Crippen molar-refractivity contribution in [3.05, 3.63) is 60.4 Å². The maximum absolute atomic E-state index is 13.2. The molecule has 2 fully saturated rings. The lowest BCUT2D eigenvalue weighted by Gasteiger charge is -2.54. The van der Waals surface area contributed by atoms with E-state index < -0.39 is 0 Å². The Hall–Kier alpha value is -3.17. The van der Waals surface area contributed by atoms with Gasteiger partial charge >= 0.3 is 0 Å². The maximum atomic E-state index is 13.2. The molecule has 0 unspecified atom stereocenters. The molecule has 1 amide bonds. The second-order valence-corrected chi connectivity index (χ2v) is 8.44. The number of likely N-dealkylation sites (tertiary alicyclic amines) is 2. The number of furan rings is 1. The monoisotopic (exact) mass is 440 g/mol. The summed E-state index contributed by atoms with van der Waals surface area (Å²) < 4.78 is 7.11. The number of aliphatic hydroxyl groups is 1. The Kier molecular flexibility index (Phi) is 6.57. The smallest absolute Gasteiger partial charge is 0.290 e. The van der Waals surface area contributed by atoms with Gasteiger partial charge in [0.1, 0.15) is 11.3 Å². The van der Waals surface area contributed by atoms with Crippen LogP contribution >= 0.6 is 0 Å². The fourth-order valence-electron chi connectivity index (χ4n) is 5.06. The zero-order valence-corrected chi connectivity index (χ0v) is 17.8. The molecule has 3 aromatic heterocycles. The van der Waals surface area contributed by atoms with Crippen LogP contribution in [0.15, 0.2) is 53.6 Å². The van der Waals surface area contributed by atoms with Crippen LogP contribution in [0.5, 0.6) is 0 Å². The zero-order chi connectivity index (χ0) is 22.6. The van der Waals surface area contributed by atoms with Crippen LogP contribution in [-0.4, -0.2) is 74.1 Å². The molecule has 2 aliphatic heterocycles. The molecule has 2 saturated heterocycles. The van der Waals surface area contributed by atoms with Crippen LogP contribution in [0.3, 0.4) is 0 Å². The second kappa shape index (κ2) is 9.54. The number of carboxylic acid groups (broad SMARTS) is 1. The molecule has 2 atom stereocenters. The number of rotatable bonds is 4. The molecule has 0 saturated carbocycles. The summed E-state index contributed by atoms with van der Waals surface area (Å²) >= 11 is 0. The van der Waals surface area contributed by atoms with Gasteiger partial charge in [0, 0.05) is 49.0 Å². The van der Waals surface area contributed by atoms with Crippen LogP contribution in [0.1, 0.15) is 35.3 Å². The highest BCUT2D eigenvalue weighted by Crippen LogP contribution is 2.42. The molecule has 0 radical (unpaired) electrons. The number of imidazole rings is 1. The Morgan fingerprint density at radius 1 is 1.28 bits per heavy atom. The molecule has 32 heavy (non-hydrogen) atoms. The summed E-state index contributed by atoms with van der Waals surface area (Å²) in [6.07, 6.45) is 10.1. The molecule has 0 bridgehead atoms. The van der Waals surface area contributed by atoms with E-state index in [2.05, 4.69) is 9.88 Å². The predicted octanol–water partition coefficient (Wildman–Crippen LogP) is 2.12. The first kappa shape index (κ1) is 22.0. The third-order valence-electron chi connectivity index (χ3n) is 6.69. The van der Waals surface area contributed by atoms with Crippen molar-refractivity contribution >= 4 is 18.0 Å². The summed E-state index contributed by atoms with van der Waals surface area (Å²) in [4.78, 5) is 30.4. The first-order valence-electron chi connectivity index (χ1n) is 10.8. The van der Waals surface area contributed by atoms with E-state index in [0.29, 0.717) is 18.8 Å². The van der Waals surface area contributed by atoms with E-state index in [1.54, 1.807) is 18.7 Å². The van der Waals surface area contributed by atoms with Crippen molar-refractivity contribution in [1.82, 2.24) is 19.2 Å². The van der Waals surface area contributed by atoms with Crippen LogP contribution in [-0.2, 0) is 11.3 Å². The standard InChI is InChI=1S/C22H26N4O3.CH2O2/c27-16-22-6-3-9-24(12-17-5-11-29-15-17)19(22)14-26(10-7-22)21(28)18-13-25-8-2-1-4-20(25)23-18;2-1-3/h1-2,4-5,8,11,13,15,19,27H,3,6-7,9-10,12,14,16H2;1H,(H,2,3)/t19-,22-;/m1./s1. The number of piperidine rings is 2. The first-order chi connectivity index (χ1) is 15.6. The van der Waals surface area contributed by atoms with Gasteiger partial charge in [-0.15, -0.1) is 0 Å². The zero-order valence-electron chi connectivity index (χ0n) is 17.8. The number of carbonyl (C=O) groups is 2. The van der Waals surface area contributed by atoms with E-state index in [-0.39, 0.29) is 30.4 Å². The lowest BCUT2D eigenvalue weighted by molar-refractivity contribution is -0.122. The van der Waals surface area contributed by atoms with Crippen LogP contribution in [0.4, 0.5) is 0 Å². The van der Waals surface area contributed by atoms with Gasteiger partial charge in [0.25, 0.3) is 12.4 Å². The number of aromatic nitrogens is 2. The van der Waals surface area contributed by atoms with Gasteiger partial charge in [-0.05, 0) is 44.0 Å². The minimum atomic E-state index is -0.250. The normalized spacial score (nSPS) is 23.3. The molecule has 5 heterocycles. The third-order valence-corrected chi connectivity index (χ3v) is 6.69. The minimum Gasteiger partial charge on any atom is -0.483 e. The first-order valence-corrected chi connectivity index (χ1v) is 10.8. The Balaban J connectivity index is 0.000000775. The molecule has 2 aliphatic rings. The Bertz CT molecular complexity index is 1020. The van der Waals surface area contributed by atoms with Crippen molar-refractivity contribution < 1.29 is 24.2 Å². The summed E-state index contributed by atoms with van der Waals surface area (Å²) in [7, 11) is 0. The van der Waals surface area contributed by atoms with Crippen molar-refractivity contribution in [3.8, 4) is 0 Å². The van der Waals surface area contributed by atoms with Gasteiger partial charge in [-0.2, -0.15) is 0 Å². The van der Waals surface area contributed by atoms with Crippen molar-refractivity contribution in [2.75, 3.05) is 26.2 Å². The number of fused-ring (bicyclic) bond motifs is 2. The van der Waals surface area contributed by atoms with Crippen molar-refractivity contribution in [3.63, 3.8) is 0 Å². The number of carbonyl (C=O) groups excluding carboxylic acids is 1. The third kappa shape index (κ3) is 4.26. The van der Waals surface area contributed by atoms with Crippen LogP contribution in [0, 0.1) is 5.41 Å².